The average Bonchev–Trinajstić information content (AvgIpc) is 2.82. The van der Waals surface area contributed by atoms with Crippen LogP contribution in [0.4, 0.5) is 0 Å². The van der Waals surface area contributed by atoms with Crippen molar-refractivity contribution in [1.82, 2.24) is 9.55 Å². The lowest BCUT2D eigenvalue weighted by atomic mass is 10.2. The highest BCUT2D eigenvalue weighted by Crippen LogP contribution is 2.31. The van der Waals surface area contributed by atoms with Gasteiger partial charge in [0.25, 0.3) is 5.56 Å². The summed E-state index contributed by atoms with van der Waals surface area (Å²) < 4.78 is 17.6. The predicted molar refractivity (Wildman–Crippen MR) is 80.0 cm³/mol. The summed E-state index contributed by atoms with van der Waals surface area (Å²) in [6.45, 7) is 2.25. The van der Waals surface area contributed by atoms with Crippen molar-refractivity contribution in [1.29, 1.82) is 0 Å². The molecule has 2 rings (SSSR count). The summed E-state index contributed by atoms with van der Waals surface area (Å²) in [4.78, 5) is 25.8. The highest BCUT2D eigenvalue weighted by molar-refractivity contribution is 14.1. The lowest BCUT2D eigenvalue weighted by molar-refractivity contribution is -0.0469. The number of aromatic amines is 1. The van der Waals surface area contributed by atoms with E-state index in [0.29, 0.717) is 25.0 Å². The van der Waals surface area contributed by atoms with E-state index in [4.69, 9.17) is 12.5 Å². The fourth-order valence-corrected chi connectivity index (χ4v) is 2.81. The topological polar surface area (TPSA) is 82.6 Å². The molecule has 7 nitrogen and oxygen atoms in total. The maximum atomic E-state index is 11.9. The second-order valence-corrected chi connectivity index (χ2v) is 5.13. The SMILES string of the molecule is CCc1cn([C@H]2C[C@H](OI)[C@@H](COC)O2)c(=O)[nH]c1=O. The summed E-state index contributed by atoms with van der Waals surface area (Å²) in [5, 5.41) is 0. The Hall–Kier alpha value is -0.710. The molecule has 0 bridgehead atoms. The van der Waals surface area contributed by atoms with Crippen LogP contribution in [-0.4, -0.2) is 35.5 Å². The van der Waals surface area contributed by atoms with Gasteiger partial charge in [0.2, 0.25) is 0 Å². The smallest absolute Gasteiger partial charge is 0.330 e. The Kier molecular flexibility index (Phi) is 5.35. The van der Waals surface area contributed by atoms with Gasteiger partial charge in [-0.1, -0.05) is 6.92 Å². The van der Waals surface area contributed by atoms with Crippen molar-refractivity contribution < 1.29 is 12.5 Å². The van der Waals surface area contributed by atoms with Crippen molar-refractivity contribution in [3.8, 4) is 0 Å². The van der Waals surface area contributed by atoms with Gasteiger partial charge >= 0.3 is 5.69 Å². The number of ether oxygens (including phenoxy) is 2. The average molecular weight is 396 g/mol. The van der Waals surface area contributed by atoms with Gasteiger partial charge in [-0.05, 0) is 6.42 Å². The van der Waals surface area contributed by atoms with E-state index in [9.17, 15) is 9.59 Å². The zero-order valence-corrected chi connectivity index (χ0v) is 13.5. The summed E-state index contributed by atoms with van der Waals surface area (Å²) in [5.41, 5.74) is -0.264. The van der Waals surface area contributed by atoms with Crippen LogP contribution >= 0.6 is 23.0 Å². The number of nitrogens with one attached hydrogen (secondary N) is 1. The molecule has 1 N–H and O–H groups in total. The van der Waals surface area contributed by atoms with E-state index in [1.54, 1.807) is 13.3 Å². The van der Waals surface area contributed by atoms with Gasteiger partial charge in [0.15, 0.2) is 0 Å². The van der Waals surface area contributed by atoms with Gasteiger partial charge in [-0.25, -0.2) is 4.79 Å². The number of aromatic nitrogens is 2. The zero-order valence-electron chi connectivity index (χ0n) is 11.3. The number of halogens is 1. The maximum absolute atomic E-state index is 11.9. The van der Waals surface area contributed by atoms with Crippen LogP contribution in [0.25, 0.3) is 0 Å². The standard InChI is InChI=1S/C12H17IN2O5/c1-3-7-5-15(12(17)14-11(7)16)10-4-8(20-13)9(19-10)6-18-2/h5,8-10H,3-4,6H2,1-2H3,(H,14,16,17)/t8-,9+,10+/m0/s1. The molecule has 0 spiro atoms. The highest BCUT2D eigenvalue weighted by atomic mass is 127. The van der Waals surface area contributed by atoms with Crippen LogP contribution < -0.4 is 11.2 Å². The van der Waals surface area contributed by atoms with E-state index in [0.717, 1.165) is 0 Å². The first-order valence-electron chi connectivity index (χ1n) is 6.36. The lowest BCUT2D eigenvalue weighted by Gasteiger charge is -2.16. The first-order chi connectivity index (χ1) is 9.60. The fraction of sp³-hybridized carbons (Fsp3) is 0.667. The molecule has 1 aromatic rings. The highest BCUT2D eigenvalue weighted by Gasteiger charge is 2.37. The number of H-pyrrole nitrogens is 1. The third-order valence-corrected chi connectivity index (χ3v) is 4.01. The molecule has 1 aliphatic heterocycles. The number of hydrogen-bond acceptors (Lipinski definition) is 5. The monoisotopic (exact) mass is 396 g/mol. The van der Waals surface area contributed by atoms with Crippen LogP contribution in [0.15, 0.2) is 15.8 Å². The maximum Gasteiger partial charge on any atom is 0.330 e. The number of hydrogen-bond donors (Lipinski definition) is 1. The van der Waals surface area contributed by atoms with E-state index in [1.165, 1.54) is 4.57 Å². The van der Waals surface area contributed by atoms with Gasteiger partial charge in [-0.15, -0.1) is 0 Å². The Bertz CT molecular complexity index is 570. The van der Waals surface area contributed by atoms with Gasteiger partial charge in [-0.3, -0.25) is 14.3 Å². The summed E-state index contributed by atoms with van der Waals surface area (Å²) in [5.74, 6) is 0. The molecule has 0 unspecified atom stereocenters. The van der Waals surface area contributed by atoms with Crippen LogP contribution in [0.2, 0.25) is 0 Å². The molecule has 2 heterocycles. The molecule has 1 aromatic heterocycles. The lowest BCUT2D eigenvalue weighted by Crippen LogP contribution is -2.34. The molecule has 1 fully saturated rings. The van der Waals surface area contributed by atoms with Gasteiger partial charge in [0, 0.05) is 25.3 Å². The van der Waals surface area contributed by atoms with Gasteiger partial charge < -0.3 is 12.5 Å². The van der Waals surface area contributed by atoms with Crippen molar-refractivity contribution in [2.75, 3.05) is 13.7 Å². The van der Waals surface area contributed by atoms with Gasteiger partial charge in [0.05, 0.1) is 6.61 Å². The summed E-state index contributed by atoms with van der Waals surface area (Å²) in [6, 6.07) is 0. The Morgan fingerprint density at radius 2 is 2.30 bits per heavy atom. The van der Waals surface area contributed by atoms with Crippen molar-refractivity contribution in [2.45, 2.75) is 38.2 Å². The first kappa shape index (κ1) is 15.7. The summed E-state index contributed by atoms with van der Waals surface area (Å²) in [7, 11) is 1.59. The minimum absolute atomic E-state index is 0.149. The van der Waals surface area contributed by atoms with Crippen LogP contribution in [0.5, 0.6) is 0 Å². The third kappa shape index (κ3) is 3.13. The molecule has 1 aliphatic rings. The quantitative estimate of drug-likeness (QED) is 0.744. The molecule has 0 amide bonds. The van der Waals surface area contributed by atoms with Crippen LogP contribution in [0.1, 0.15) is 25.1 Å². The van der Waals surface area contributed by atoms with Crippen LogP contribution in [0.3, 0.4) is 0 Å². The van der Waals surface area contributed by atoms with E-state index < -0.39 is 11.9 Å². The Morgan fingerprint density at radius 1 is 1.55 bits per heavy atom. The Labute approximate surface area is 129 Å². The Morgan fingerprint density at radius 3 is 2.90 bits per heavy atom. The molecule has 112 valence electrons. The number of aryl methyl sites for hydroxylation is 1. The minimum Gasteiger partial charge on any atom is -0.382 e. The fourth-order valence-electron chi connectivity index (χ4n) is 2.27. The predicted octanol–water partition coefficient (Wildman–Crippen LogP) is 0.768. The normalized spacial score (nSPS) is 26.1. The number of methoxy groups -OCH3 is 1. The van der Waals surface area contributed by atoms with E-state index in [1.807, 2.05) is 29.9 Å². The molecule has 0 aromatic carbocycles. The minimum atomic E-state index is -0.470. The second kappa shape index (κ2) is 6.83. The summed E-state index contributed by atoms with van der Waals surface area (Å²) >= 11 is 1.82. The second-order valence-electron chi connectivity index (χ2n) is 4.62. The molecular weight excluding hydrogens is 379 g/mol. The molecule has 1 saturated heterocycles. The summed E-state index contributed by atoms with van der Waals surface area (Å²) in [6.07, 6.45) is 1.81. The first-order valence-corrected chi connectivity index (χ1v) is 7.24. The van der Waals surface area contributed by atoms with Crippen molar-refractivity contribution in [3.05, 3.63) is 32.6 Å². The van der Waals surface area contributed by atoms with Gasteiger partial charge in [-0.2, -0.15) is 0 Å². The Balaban J connectivity index is 2.29. The van der Waals surface area contributed by atoms with Crippen molar-refractivity contribution >= 4 is 23.0 Å². The number of rotatable bonds is 5. The number of nitrogens with zero attached hydrogens (tertiary/aromatic N) is 1. The van der Waals surface area contributed by atoms with Crippen LogP contribution in [0, 0.1) is 0 Å². The van der Waals surface area contributed by atoms with E-state index >= 15 is 0 Å². The molecule has 8 heteroatoms. The third-order valence-electron chi connectivity index (χ3n) is 3.36. The van der Waals surface area contributed by atoms with Gasteiger partial charge in [0.1, 0.15) is 41.4 Å². The molecule has 0 radical (unpaired) electrons. The molecule has 0 aliphatic carbocycles. The van der Waals surface area contributed by atoms with Crippen molar-refractivity contribution in [3.63, 3.8) is 0 Å². The molecular formula is C12H17IN2O5. The van der Waals surface area contributed by atoms with E-state index in [-0.39, 0.29) is 17.8 Å². The zero-order chi connectivity index (χ0) is 14.7. The molecule has 3 atom stereocenters. The van der Waals surface area contributed by atoms with Crippen molar-refractivity contribution in [2.24, 2.45) is 0 Å². The van der Waals surface area contributed by atoms with E-state index in [2.05, 4.69) is 4.98 Å². The van der Waals surface area contributed by atoms with Crippen LogP contribution in [-0.2, 0) is 19.0 Å². The molecule has 0 saturated carbocycles. The largest absolute Gasteiger partial charge is 0.382 e. The molecule has 20 heavy (non-hydrogen) atoms.